The smallest absolute Gasteiger partial charge is 0.0953 e. The van der Waals surface area contributed by atoms with Crippen molar-refractivity contribution in [2.24, 2.45) is 0 Å². The molecular formula is C28H32N2. The lowest BCUT2D eigenvalue weighted by molar-refractivity contribution is 0.935. The Bertz CT molecular complexity index is 1060. The second kappa shape index (κ2) is 8.02. The van der Waals surface area contributed by atoms with Gasteiger partial charge >= 0.3 is 0 Å². The van der Waals surface area contributed by atoms with Gasteiger partial charge in [0.1, 0.15) is 0 Å². The molecule has 1 fully saturated rings. The van der Waals surface area contributed by atoms with Crippen LogP contribution in [0.3, 0.4) is 0 Å². The number of benzene rings is 3. The van der Waals surface area contributed by atoms with Crippen LogP contribution in [-0.4, -0.2) is 13.2 Å². The van der Waals surface area contributed by atoms with Gasteiger partial charge in [-0.25, -0.2) is 0 Å². The normalized spacial score (nSPS) is 15.3. The van der Waals surface area contributed by atoms with Crippen LogP contribution < -0.4 is 9.80 Å². The zero-order valence-corrected chi connectivity index (χ0v) is 19.1. The van der Waals surface area contributed by atoms with E-state index in [1.165, 1.54) is 56.0 Å². The largest absolute Gasteiger partial charge is 0.347 e. The molecule has 0 unspecified atom stereocenters. The summed E-state index contributed by atoms with van der Waals surface area (Å²) in [6, 6.07) is 19.9. The van der Waals surface area contributed by atoms with Crippen LogP contribution in [0.4, 0.5) is 11.4 Å². The van der Waals surface area contributed by atoms with Crippen molar-refractivity contribution in [3.63, 3.8) is 0 Å². The minimum Gasteiger partial charge on any atom is -0.347 e. The molecule has 154 valence electrons. The molecule has 30 heavy (non-hydrogen) atoms. The number of rotatable bonds is 3. The first-order valence-corrected chi connectivity index (χ1v) is 10.8. The first-order valence-electron chi connectivity index (χ1n) is 10.8. The van der Waals surface area contributed by atoms with E-state index < -0.39 is 0 Å². The summed E-state index contributed by atoms with van der Waals surface area (Å²) in [6.07, 6.45) is 2.34. The average molecular weight is 397 g/mol. The van der Waals surface area contributed by atoms with Crippen molar-refractivity contribution < 1.29 is 0 Å². The average Bonchev–Trinajstić information content (AvgIpc) is 3.03. The number of anilines is 2. The third kappa shape index (κ3) is 3.87. The molecule has 1 aliphatic heterocycles. The lowest BCUT2D eigenvalue weighted by atomic mass is 10.0. The Balaban J connectivity index is 1.82. The van der Waals surface area contributed by atoms with Crippen molar-refractivity contribution in [2.45, 2.75) is 41.5 Å². The van der Waals surface area contributed by atoms with E-state index in [2.05, 4.69) is 112 Å². The summed E-state index contributed by atoms with van der Waals surface area (Å²) >= 11 is 0. The Kier molecular flexibility index (Phi) is 5.42. The van der Waals surface area contributed by atoms with E-state index in [4.69, 9.17) is 0 Å². The maximum Gasteiger partial charge on any atom is 0.0953 e. The van der Waals surface area contributed by atoms with Gasteiger partial charge in [-0.1, -0.05) is 65.7 Å². The summed E-state index contributed by atoms with van der Waals surface area (Å²) in [5.74, 6) is 0. The van der Waals surface area contributed by atoms with Crippen molar-refractivity contribution in [1.82, 2.24) is 0 Å². The molecule has 4 rings (SSSR count). The van der Waals surface area contributed by atoms with Crippen LogP contribution in [0.1, 0.15) is 38.9 Å². The highest BCUT2D eigenvalue weighted by atomic mass is 15.4. The fraction of sp³-hybridized carbons (Fsp3) is 0.286. The second-order valence-corrected chi connectivity index (χ2v) is 8.81. The van der Waals surface area contributed by atoms with Gasteiger partial charge in [0, 0.05) is 17.1 Å². The van der Waals surface area contributed by atoms with Crippen molar-refractivity contribution in [1.29, 1.82) is 0 Å². The number of hydrogen-bond acceptors (Lipinski definition) is 2. The second-order valence-electron chi connectivity index (χ2n) is 8.81. The number of hydrogen-bond donors (Lipinski definition) is 0. The maximum absolute atomic E-state index is 2.53. The zero-order chi connectivity index (χ0) is 21.4. The van der Waals surface area contributed by atoms with E-state index >= 15 is 0 Å². The Morgan fingerprint density at radius 3 is 1.70 bits per heavy atom. The summed E-state index contributed by atoms with van der Waals surface area (Å²) in [6.45, 7) is 15.1. The summed E-state index contributed by atoms with van der Waals surface area (Å²) in [7, 11) is 0. The van der Waals surface area contributed by atoms with Gasteiger partial charge in [-0.3, -0.25) is 0 Å². The Labute approximate surface area is 181 Å². The van der Waals surface area contributed by atoms with Crippen molar-refractivity contribution in [3.05, 3.63) is 99.2 Å². The molecule has 0 radical (unpaired) electrons. The zero-order valence-electron chi connectivity index (χ0n) is 19.1. The first-order chi connectivity index (χ1) is 14.3. The molecule has 0 aromatic heterocycles. The van der Waals surface area contributed by atoms with Crippen LogP contribution >= 0.6 is 0 Å². The molecular weight excluding hydrogens is 364 g/mol. The molecule has 0 spiro atoms. The topological polar surface area (TPSA) is 6.48 Å². The predicted molar refractivity (Wildman–Crippen MR) is 130 cm³/mol. The molecule has 0 atom stereocenters. The van der Waals surface area contributed by atoms with Crippen molar-refractivity contribution in [3.8, 4) is 0 Å². The molecule has 2 heteroatoms. The lowest BCUT2D eigenvalue weighted by Gasteiger charge is -2.27. The standard InChI is InChI=1S/C28H32N2/c1-19-12-21(3)27(22(4)13-19)29-17-26(16-25-10-8-7-9-11-25)30(18-29)28-23(5)14-20(2)15-24(28)6/h7-16H,17-18H2,1-6H3. The van der Waals surface area contributed by atoms with Crippen LogP contribution in [0.25, 0.3) is 6.08 Å². The SMILES string of the molecule is Cc1cc(C)c(N2CC(=Cc3ccccc3)N(c3c(C)cc(C)cc3C)C2)c(C)c1. The van der Waals surface area contributed by atoms with Gasteiger partial charge in [0.2, 0.25) is 0 Å². The van der Waals surface area contributed by atoms with Gasteiger partial charge in [-0.15, -0.1) is 0 Å². The Morgan fingerprint density at radius 2 is 1.17 bits per heavy atom. The summed E-state index contributed by atoms with van der Waals surface area (Å²) in [4.78, 5) is 5.04. The minimum absolute atomic E-state index is 0.869. The fourth-order valence-electron chi connectivity index (χ4n) is 5.09. The van der Waals surface area contributed by atoms with E-state index in [0.29, 0.717) is 0 Å². The van der Waals surface area contributed by atoms with E-state index in [9.17, 15) is 0 Å². The molecule has 0 saturated carbocycles. The van der Waals surface area contributed by atoms with Gasteiger partial charge in [0.15, 0.2) is 0 Å². The predicted octanol–water partition coefficient (Wildman–Crippen LogP) is 6.86. The Hall–Kier alpha value is -3.00. The molecule has 1 saturated heterocycles. The van der Waals surface area contributed by atoms with Crippen LogP contribution in [0, 0.1) is 41.5 Å². The Morgan fingerprint density at radius 1 is 0.667 bits per heavy atom. The van der Waals surface area contributed by atoms with E-state index in [1.807, 2.05) is 0 Å². The molecule has 1 heterocycles. The van der Waals surface area contributed by atoms with Gasteiger partial charge in [0.05, 0.1) is 13.2 Å². The molecule has 3 aromatic carbocycles. The minimum atomic E-state index is 0.869. The third-order valence-corrected chi connectivity index (χ3v) is 6.00. The maximum atomic E-state index is 2.53. The van der Waals surface area contributed by atoms with Crippen molar-refractivity contribution >= 4 is 17.5 Å². The quantitative estimate of drug-likeness (QED) is 0.477. The number of aryl methyl sites for hydroxylation is 6. The van der Waals surface area contributed by atoms with Crippen LogP contribution in [-0.2, 0) is 0 Å². The highest BCUT2D eigenvalue weighted by molar-refractivity contribution is 5.74. The molecule has 0 N–H and O–H groups in total. The van der Waals surface area contributed by atoms with E-state index in [1.54, 1.807) is 0 Å². The van der Waals surface area contributed by atoms with Crippen LogP contribution in [0.2, 0.25) is 0 Å². The molecule has 2 nitrogen and oxygen atoms in total. The molecule has 1 aliphatic rings. The molecule has 0 bridgehead atoms. The number of nitrogens with zero attached hydrogens (tertiary/aromatic N) is 2. The van der Waals surface area contributed by atoms with Crippen molar-refractivity contribution in [2.75, 3.05) is 23.0 Å². The highest BCUT2D eigenvalue weighted by Gasteiger charge is 2.29. The molecule has 0 aliphatic carbocycles. The lowest BCUT2D eigenvalue weighted by Crippen LogP contribution is -2.26. The fourth-order valence-corrected chi connectivity index (χ4v) is 5.09. The van der Waals surface area contributed by atoms with Gasteiger partial charge < -0.3 is 9.80 Å². The van der Waals surface area contributed by atoms with Gasteiger partial charge in [-0.05, 0) is 75.4 Å². The molecule has 3 aromatic rings. The van der Waals surface area contributed by atoms with E-state index in [0.717, 1.165) is 13.2 Å². The van der Waals surface area contributed by atoms with Gasteiger partial charge in [0.25, 0.3) is 0 Å². The molecule has 0 amide bonds. The van der Waals surface area contributed by atoms with Crippen LogP contribution in [0.15, 0.2) is 60.3 Å². The van der Waals surface area contributed by atoms with Gasteiger partial charge in [-0.2, -0.15) is 0 Å². The third-order valence-electron chi connectivity index (χ3n) is 6.00. The highest BCUT2D eigenvalue weighted by Crippen LogP contribution is 2.37. The summed E-state index contributed by atoms with van der Waals surface area (Å²) in [5, 5.41) is 0. The summed E-state index contributed by atoms with van der Waals surface area (Å²) < 4.78 is 0. The summed E-state index contributed by atoms with van der Waals surface area (Å²) in [5.41, 5.74) is 13.3. The monoisotopic (exact) mass is 396 g/mol. The van der Waals surface area contributed by atoms with Crippen LogP contribution in [0.5, 0.6) is 0 Å². The van der Waals surface area contributed by atoms with E-state index in [-0.39, 0.29) is 0 Å². The first kappa shape index (κ1) is 20.3.